The summed E-state index contributed by atoms with van der Waals surface area (Å²) in [6.07, 6.45) is 0. The van der Waals surface area contributed by atoms with Gasteiger partial charge < -0.3 is 10.1 Å². The van der Waals surface area contributed by atoms with E-state index in [1.54, 1.807) is 25.1 Å². The quantitative estimate of drug-likeness (QED) is 0.787. The highest BCUT2D eigenvalue weighted by molar-refractivity contribution is 7.89. The van der Waals surface area contributed by atoms with Crippen LogP contribution in [0.25, 0.3) is 0 Å². The van der Waals surface area contributed by atoms with Crippen molar-refractivity contribution in [2.75, 3.05) is 32.6 Å². The van der Waals surface area contributed by atoms with Crippen LogP contribution in [0.2, 0.25) is 0 Å². The molecule has 0 fully saturated rings. The van der Waals surface area contributed by atoms with Gasteiger partial charge in [0.05, 0.1) is 12.3 Å². The summed E-state index contributed by atoms with van der Waals surface area (Å²) in [4.78, 5) is 11.4. The summed E-state index contributed by atoms with van der Waals surface area (Å²) in [6, 6.07) is 6.42. The van der Waals surface area contributed by atoms with Crippen LogP contribution < -0.4 is 5.32 Å². The zero-order valence-corrected chi connectivity index (χ0v) is 12.0. The lowest BCUT2D eigenvalue weighted by atomic mass is 10.3. The van der Waals surface area contributed by atoms with Gasteiger partial charge in [-0.25, -0.2) is 12.7 Å². The predicted octanol–water partition coefficient (Wildman–Crippen LogP) is 0.912. The average Bonchev–Trinajstić information content (AvgIpc) is 2.37. The number of nitrogens with zero attached hydrogens (tertiary/aromatic N) is 1. The highest BCUT2D eigenvalue weighted by Crippen LogP contribution is 2.22. The van der Waals surface area contributed by atoms with E-state index in [-0.39, 0.29) is 18.0 Å². The first-order valence-electron chi connectivity index (χ1n) is 5.80. The number of anilines is 1. The standard InChI is InChI=1S/C12H18N2O4S/c1-4-18-12(15)9-13-10-7-5-6-8-11(10)19(16,17)14(2)3/h5-8,13H,4,9H2,1-3H3. The molecule has 0 atom stereocenters. The topological polar surface area (TPSA) is 75.7 Å². The molecule has 0 amide bonds. The van der Waals surface area contributed by atoms with Crippen molar-refractivity contribution >= 4 is 21.7 Å². The number of esters is 1. The predicted molar refractivity (Wildman–Crippen MR) is 72.4 cm³/mol. The molecule has 1 aromatic carbocycles. The maximum Gasteiger partial charge on any atom is 0.325 e. The third-order valence-electron chi connectivity index (χ3n) is 2.37. The summed E-state index contributed by atoms with van der Waals surface area (Å²) in [6.45, 7) is 1.92. The molecule has 0 heterocycles. The van der Waals surface area contributed by atoms with Gasteiger partial charge >= 0.3 is 5.97 Å². The van der Waals surface area contributed by atoms with E-state index in [1.165, 1.54) is 20.2 Å². The minimum atomic E-state index is -3.55. The van der Waals surface area contributed by atoms with Crippen LogP contribution in [0.5, 0.6) is 0 Å². The van der Waals surface area contributed by atoms with Crippen molar-refractivity contribution in [1.82, 2.24) is 4.31 Å². The number of hydrogen-bond donors (Lipinski definition) is 1. The Hall–Kier alpha value is -1.60. The van der Waals surface area contributed by atoms with Crippen LogP contribution in [0.15, 0.2) is 29.2 Å². The van der Waals surface area contributed by atoms with Crippen LogP contribution in [0, 0.1) is 0 Å². The lowest BCUT2D eigenvalue weighted by Gasteiger charge is -2.15. The molecule has 1 rings (SSSR count). The summed E-state index contributed by atoms with van der Waals surface area (Å²) >= 11 is 0. The monoisotopic (exact) mass is 286 g/mol. The van der Waals surface area contributed by atoms with Gasteiger partial charge in [-0.15, -0.1) is 0 Å². The first-order chi connectivity index (χ1) is 8.89. The highest BCUT2D eigenvalue weighted by Gasteiger charge is 2.20. The van der Waals surface area contributed by atoms with Gasteiger partial charge in [-0.2, -0.15) is 0 Å². The normalized spacial score (nSPS) is 11.4. The van der Waals surface area contributed by atoms with Crippen molar-refractivity contribution in [1.29, 1.82) is 0 Å². The molecule has 1 N–H and O–H groups in total. The molecular weight excluding hydrogens is 268 g/mol. The molecule has 0 aliphatic rings. The Morgan fingerprint density at radius 2 is 1.95 bits per heavy atom. The Kier molecular flexibility index (Phi) is 5.31. The highest BCUT2D eigenvalue weighted by atomic mass is 32.2. The van der Waals surface area contributed by atoms with Gasteiger partial charge in [0.15, 0.2) is 0 Å². The van der Waals surface area contributed by atoms with Gasteiger partial charge in [0.1, 0.15) is 11.4 Å². The van der Waals surface area contributed by atoms with Crippen molar-refractivity contribution in [2.45, 2.75) is 11.8 Å². The van der Waals surface area contributed by atoms with Gasteiger partial charge in [-0.1, -0.05) is 12.1 Å². The Morgan fingerprint density at radius 1 is 1.32 bits per heavy atom. The molecule has 0 spiro atoms. The second-order valence-corrected chi connectivity index (χ2v) is 6.06. The number of sulfonamides is 1. The number of para-hydroxylation sites is 1. The first kappa shape index (κ1) is 15.5. The lowest BCUT2D eigenvalue weighted by molar-refractivity contribution is -0.140. The van der Waals surface area contributed by atoms with Crippen LogP contribution in [-0.2, 0) is 19.6 Å². The third kappa shape index (κ3) is 3.93. The molecule has 0 saturated heterocycles. The van der Waals surface area contributed by atoms with Crippen molar-refractivity contribution in [3.05, 3.63) is 24.3 Å². The number of hydrogen-bond acceptors (Lipinski definition) is 5. The minimum Gasteiger partial charge on any atom is -0.465 e. The fourth-order valence-electron chi connectivity index (χ4n) is 1.41. The number of carbonyl (C=O) groups excluding carboxylic acids is 1. The zero-order valence-electron chi connectivity index (χ0n) is 11.2. The van der Waals surface area contributed by atoms with Gasteiger partial charge in [-0.3, -0.25) is 4.79 Å². The summed E-state index contributed by atoms with van der Waals surface area (Å²) in [5.74, 6) is -0.431. The summed E-state index contributed by atoms with van der Waals surface area (Å²) < 4.78 is 30.1. The van der Waals surface area contributed by atoms with Crippen LogP contribution in [0.1, 0.15) is 6.92 Å². The molecule has 0 aromatic heterocycles. The van der Waals surface area contributed by atoms with E-state index < -0.39 is 16.0 Å². The summed E-state index contributed by atoms with van der Waals surface area (Å²) in [5.41, 5.74) is 0.379. The molecule has 0 radical (unpaired) electrons. The maximum absolute atomic E-state index is 12.1. The first-order valence-corrected chi connectivity index (χ1v) is 7.24. The summed E-state index contributed by atoms with van der Waals surface area (Å²) in [7, 11) is -0.637. The van der Waals surface area contributed by atoms with Crippen molar-refractivity contribution in [3.63, 3.8) is 0 Å². The van der Waals surface area contributed by atoms with E-state index in [0.717, 1.165) is 4.31 Å². The molecule has 0 aliphatic heterocycles. The number of carbonyl (C=O) groups is 1. The maximum atomic E-state index is 12.1. The SMILES string of the molecule is CCOC(=O)CNc1ccccc1S(=O)(=O)N(C)C. The van der Waals surface area contributed by atoms with Crippen molar-refractivity contribution in [2.24, 2.45) is 0 Å². The molecule has 1 aromatic rings. The van der Waals surface area contributed by atoms with Gasteiger partial charge in [0.25, 0.3) is 0 Å². The van der Waals surface area contributed by atoms with E-state index >= 15 is 0 Å². The van der Waals surface area contributed by atoms with Crippen molar-refractivity contribution in [3.8, 4) is 0 Å². The molecule has 7 heteroatoms. The third-order valence-corrected chi connectivity index (χ3v) is 4.25. The fraction of sp³-hybridized carbons (Fsp3) is 0.417. The van der Waals surface area contributed by atoms with Gasteiger partial charge in [0, 0.05) is 14.1 Å². The molecule has 0 saturated carbocycles. The Morgan fingerprint density at radius 3 is 2.53 bits per heavy atom. The van der Waals surface area contributed by atoms with E-state index in [2.05, 4.69) is 5.32 Å². The van der Waals surface area contributed by atoms with Gasteiger partial charge in [-0.05, 0) is 19.1 Å². The van der Waals surface area contributed by atoms with Crippen LogP contribution >= 0.6 is 0 Å². The summed E-state index contributed by atoms with van der Waals surface area (Å²) in [5, 5.41) is 2.78. The fourth-order valence-corrected chi connectivity index (χ4v) is 2.48. The Balaban J connectivity index is 2.95. The molecule has 6 nitrogen and oxygen atoms in total. The Bertz CT molecular complexity index is 540. The van der Waals surface area contributed by atoms with Crippen LogP contribution in [-0.4, -0.2) is 45.9 Å². The lowest BCUT2D eigenvalue weighted by Crippen LogP contribution is -2.24. The largest absolute Gasteiger partial charge is 0.465 e. The number of ether oxygens (including phenoxy) is 1. The number of rotatable bonds is 6. The second kappa shape index (κ2) is 6.53. The van der Waals surface area contributed by atoms with E-state index in [9.17, 15) is 13.2 Å². The van der Waals surface area contributed by atoms with Crippen molar-refractivity contribution < 1.29 is 17.9 Å². The van der Waals surface area contributed by atoms with Crippen LogP contribution in [0.4, 0.5) is 5.69 Å². The molecular formula is C12H18N2O4S. The van der Waals surface area contributed by atoms with E-state index in [0.29, 0.717) is 5.69 Å². The molecule has 19 heavy (non-hydrogen) atoms. The average molecular weight is 286 g/mol. The number of nitrogens with one attached hydrogen (secondary N) is 1. The molecule has 0 unspecified atom stereocenters. The van der Waals surface area contributed by atoms with E-state index in [1.807, 2.05) is 0 Å². The molecule has 106 valence electrons. The van der Waals surface area contributed by atoms with Gasteiger partial charge in [0.2, 0.25) is 10.0 Å². The van der Waals surface area contributed by atoms with E-state index in [4.69, 9.17) is 4.74 Å². The second-order valence-electron chi connectivity index (χ2n) is 3.94. The molecule has 0 bridgehead atoms. The smallest absolute Gasteiger partial charge is 0.325 e. The molecule has 0 aliphatic carbocycles. The zero-order chi connectivity index (χ0) is 14.5. The minimum absolute atomic E-state index is 0.0756. The van der Waals surface area contributed by atoms with Crippen LogP contribution in [0.3, 0.4) is 0 Å². The Labute approximate surface area is 113 Å². The number of benzene rings is 1.